The Kier molecular flexibility index (Phi) is 6.99. The number of hydrogen-bond donors (Lipinski definition) is 1. The largest absolute Gasteiger partial charge is 0.444 e. The van der Waals surface area contributed by atoms with Gasteiger partial charge in [0.05, 0.1) is 30.8 Å². The van der Waals surface area contributed by atoms with Gasteiger partial charge in [-0.1, -0.05) is 23.7 Å². The zero-order valence-electron chi connectivity index (χ0n) is 20.0. The maximum atomic E-state index is 14.7. The summed E-state index contributed by atoms with van der Waals surface area (Å²) in [6, 6.07) is 9.09. The highest BCUT2D eigenvalue weighted by Crippen LogP contribution is 2.32. The quantitative estimate of drug-likeness (QED) is 0.533. The Morgan fingerprint density at radius 1 is 1.14 bits per heavy atom. The minimum atomic E-state index is -3.30. The van der Waals surface area contributed by atoms with Crippen LogP contribution in [0.1, 0.15) is 20.8 Å². The number of nitrogens with zero attached hydrogens (tertiary/aromatic N) is 4. The van der Waals surface area contributed by atoms with E-state index in [0.29, 0.717) is 16.4 Å². The molecule has 0 bridgehead atoms. The Labute approximate surface area is 212 Å². The predicted octanol–water partition coefficient (Wildman–Crippen LogP) is 4.64. The Morgan fingerprint density at radius 3 is 2.44 bits per heavy atom. The van der Waals surface area contributed by atoms with E-state index < -0.39 is 36.1 Å². The van der Waals surface area contributed by atoms with Crippen LogP contribution in [0.25, 0.3) is 22.5 Å². The number of nitrogens with one attached hydrogen (secondary N) is 1. The van der Waals surface area contributed by atoms with Crippen molar-refractivity contribution in [3.63, 3.8) is 0 Å². The van der Waals surface area contributed by atoms with Crippen LogP contribution in [0.5, 0.6) is 0 Å². The summed E-state index contributed by atoms with van der Waals surface area (Å²) in [6.45, 7) is 3.52. The van der Waals surface area contributed by atoms with Gasteiger partial charge < -0.3 is 14.6 Å². The smallest absolute Gasteiger partial charge is 0.410 e. The zero-order valence-corrected chi connectivity index (χ0v) is 20.8. The van der Waals surface area contributed by atoms with E-state index in [2.05, 4.69) is 15.3 Å². The van der Waals surface area contributed by atoms with Crippen molar-refractivity contribution >= 4 is 23.6 Å². The van der Waals surface area contributed by atoms with Gasteiger partial charge in [-0.25, -0.2) is 18.6 Å². The van der Waals surface area contributed by atoms with Gasteiger partial charge >= 0.3 is 6.09 Å². The fourth-order valence-corrected chi connectivity index (χ4v) is 4.05. The molecule has 1 aliphatic rings. The summed E-state index contributed by atoms with van der Waals surface area (Å²) in [5.41, 5.74) is 1.94. The van der Waals surface area contributed by atoms with E-state index in [9.17, 15) is 18.4 Å². The van der Waals surface area contributed by atoms with Gasteiger partial charge in [0, 0.05) is 28.5 Å². The summed E-state index contributed by atoms with van der Waals surface area (Å²) in [6.07, 6.45) is 3.87. The van der Waals surface area contributed by atoms with Crippen molar-refractivity contribution in [3.8, 4) is 22.5 Å². The molecule has 1 atom stereocenters. The van der Waals surface area contributed by atoms with Crippen LogP contribution < -0.4 is 5.32 Å². The molecule has 0 saturated carbocycles. The normalized spacial score (nSPS) is 17.2. The molecule has 0 radical (unpaired) electrons. The standard InChI is InChI=1S/C25H26ClF2N5O3/c1-24(2,3)36-23(35)32-12-19(25(27,28)14-32)31-20(34)13-33-15-30-21(16-4-6-18(26)7-5-16)22(33)17-8-10-29-11-9-17/h4-11,15,19H,12-14H2,1-3H3,(H,31,34). The van der Waals surface area contributed by atoms with Gasteiger partial charge in [-0.05, 0) is 45.0 Å². The summed E-state index contributed by atoms with van der Waals surface area (Å²) in [5.74, 6) is -3.94. The average Bonchev–Trinajstić information content (AvgIpc) is 3.34. The number of alkyl halides is 2. The fourth-order valence-electron chi connectivity index (χ4n) is 3.93. The highest BCUT2D eigenvalue weighted by molar-refractivity contribution is 6.30. The summed E-state index contributed by atoms with van der Waals surface area (Å²) >= 11 is 6.01. The molecule has 3 heterocycles. The third-order valence-electron chi connectivity index (χ3n) is 5.52. The first-order chi connectivity index (χ1) is 16.9. The van der Waals surface area contributed by atoms with Gasteiger partial charge in [-0.15, -0.1) is 0 Å². The van der Waals surface area contributed by atoms with Crippen molar-refractivity contribution in [2.24, 2.45) is 0 Å². The Bertz CT molecular complexity index is 1240. The van der Waals surface area contributed by atoms with Crippen molar-refractivity contribution in [2.45, 2.75) is 44.9 Å². The second-order valence-corrected chi connectivity index (χ2v) is 9.99. The molecule has 1 saturated heterocycles. The first-order valence-corrected chi connectivity index (χ1v) is 11.7. The van der Waals surface area contributed by atoms with Crippen molar-refractivity contribution in [1.82, 2.24) is 24.8 Å². The lowest BCUT2D eigenvalue weighted by atomic mass is 10.1. The van der Waals surface area contributed by atoms with Gasteiger partial charge in [-0.2, -0.15) is 0 Å². The first-order valence-electron chi connectivity index (χ1n) is 11.3. The summed E-state index contributed by atoms with van der Waals surface area (Å²) in [5, 5.41) is 2.95. The number of aromatic nitrogens is 3. The van der Waals surface area contributed by atoms with Gasteiger partial charge in [0.1, 0.15) is 18.2 Å². The number of benzene rings is 1. The van der Waals surface area contributed by atoms with Crippen LogP contribution in [0.3, 0.4) is 0 Å². The maximum absolute atomic E-state index is 14.7. The number of pyridine rings is 1. The number of rotatable bonds is 5. The second-order valence-electron chi connectivity index (χ2n) is 9.55. The molecule has 190 valence electrons. The predicted molar refractivity (Wildman–Crippen MR) is 131 cm³/mol. The van der Waals surface area contributed by atoms with Crippen LogP contribution in [0, 0.1) is 0 Å². The number of ether oxygens (including phenoxy) is 1. The lowest BCUT2D eigenvalue weighted by molar-refractivity contribution is -0.124. The number of hydrogen-bond acceptors (Lipinski definition) is 5. The van der Waals surface area contributed by atoms with E-state index in [1.807, 2.05) is 12.1 Å². The number of carbonyl (C=O) groups is 2. The number of likely N-dealkylation sites (tertiary alicyclic amines) is 1. The van der Waals surface area contributed by atoms with Crippen molar-refractivity contribution < 1.29 is 23.1 Å². The molecule has 0 spiro atoms. The molecular formula is C25H26ClF2N5O3. The number of imidazole rings is 1. The summed E-state index contributed by atoms with van der Waals surface area (Å²) < 4.78 is 36.1. The third-order valence-corrected chi connectivity index (χ3v) is 5.78. The zero-order chi connectivity index (χ0) is 26.1. The number of carbonyl (C=O) groups excluding carboxylic acids is 2. The molecule has 11 heteroatoms. The average molecular weight is 518 g/mol. The molecule has 1 N–H and O–H groups in total. The summed E-state index contributed by atoms with van der Waals surface area (Å²) in [7, 11) is 0. The molecule has 1 unspecified atom stereocenters. The van der Waals surface area contributed by atoms with Crippen LogP contribution in [0.4, 0.5) is 13.6 Å². The molecule has 2 amide bonds. The van der Waals surface area contributed by atoms with Gasteiger partial charge in [-0.3, -0.25) is 14.7 Å². The van der Waals surface area contributed by atoms with Crippen molar-refractivity contribution in [1.29, 1.82) is 0 Å². The molecule has 4 rings (SSSR count). The number of halogens is 3. The molecule has 3 aromatic rings. The van der Waals surface area contributed by atoms with E-state index in [1.165, 1.54) is 6.33 Å². The molecular weight excluding hydrogens is 492 g/mol. The lowest BCUT2D eigenvalue weighted by Gasteiger charge is -2.24. The molecule has 36 heavy (non-hydrogen) atoms. The first kappa shape index (κ1) is 25.6. The van der Waals surface area contributed by atoms with Crippen LogP contribution in [-0.2, 0) is 16.1 Å². The second kappa shape index (κ2) is 9.85. The topological polar surface area (TPSA) is 89.4 Å². The molecule has 8 nitrogen and oxygen atoms in total. The molecule has 2 aromatic heterocycles. The van der Waals surface area contributed by atoms with E-state index in [4.69, 9.17) is 16.3 Å². The van der Waals surface area contributed by atoms with E-state index in [1.54, 1.807) is 62.0 Å². The molecule has 1 fully saturated rings. The van der Waals surface area contributed by atoms with Crippen molar-refractivity contribution in [2.75, 3.05) is 13.1 Å². The third kappa shape index (κ3) is 5.81. The van der Waals surface area contributed by atoms with Crippen LogP contribution in [0.15, 0.2) is 55.1 Å². The monoisotopic (exact) mass is 517 g/mol. The van der Waals surface area contributed by atoms with Gasteiger partial charge in [0.15, 0.2) is 0 Å². The Balaban J connectivity index is 1.54. The maximum Gasteiger partial charge on any atom is 0.410 e. The highest BCUT2D eigenvalue weighted by Gasteiger charge is 2.51. The van der Waals surface area contributed by atoms with E-state index in [0.717, 1.165) is 16.0 Å². The van der Waals surface area contributed by atoms with E-state index in [-0.39, 0.29) is 13.1 Å². The minimum Gasteiger partial charge on any atom is -0.444 e. The Hall–Kier alpha value is -3.53. The Morgan fingerprint density at radius 2 is 1.81 bits per heavy atom. The molecule has 1 aromatic carbocycles. The highest BCUT2D eigenvalue weighted by atomic mass is 35.5. The molecule has 0 aliphatic carbocycles. The van der Waals surface area contributed by atoms with Crippen LogP contribution >= 0.6 is 11.6 Å². The van der Waals surface area contributed by atoms with Crippen LogP contribution in [0.2, 0.25) is 5.02 Å². The van der Waals surface area contributed by atoms with Gasteiger partial charge in [0.2, 0.25) is 5.91 Å². The van der Waals surface area contributed by atoms with E-state index >= 15 is 0 Å². The summed E-state index contributed by atoms with van der Waals surface area (Å²) in [4.78, 5) is 34.6. The van der Waals surface area contributed by atoms with Crippen molar-refractivity contribution in [3.05, 3.63) is 60.1 Å². The SMILES string of the molecule is CC(C)(C)OC(=O)N1CC(NC(=O)Cn2cnc(-c3ccc(Cl)cc3)c2-c2ccncc2)C(F)(F)C1. The lowest BCUT2D eigenvalue weighted by Crippen LogP contribution is -2.47. The molecule has 1 aliphatic heterocycles. The minimum absolute atomic E-state index is 0.253. The van der Waals surface area contributed by atoms with Crippen LogP contribution in [-0.4, -0.2) is 62.1 Å². The number of amides is 2. The van der Waals surface area contributed by atoms with Gasteiger partial charge in [0.25, 0.3) is 5.92 Å². The fraction of sp³-hybridized carbons (Fsp3) is 0.360.